The Bertz CT molecular complexity index is 1020. The average Bonchev–Trinajstić information content (AvgIpc) is 3.41. The summed E-state index contributed by atoms with van der Waals surface area (Å²) in [6.45, 7) is 0.948. The number of amides is 2. The second kappa shape index (κ2) is 17.8. The first-order valence-electron chi connectivity index (χ1n) is 12.9. The smallest absolute Gasteiger partial charge is 0.326 e. The lowest BCUT2D eigenvalue weighted by atomic mass is 9.99. The minimum atomic E-state index is -1.00. The highest BCUT2D eigenvalue weighted by molar-refractivity contribution is 5.94. The zero-order valence-electron chi connectivity index (χ0n) is 21.9. The third-order valence-electron chi connectivity index (χ3n) is 6.75. The molecule has 4 atom stereocenters. The summed E-state index contributed by atoms with van der Waals surface area (Å²) in [7, 11) is 0. The topological polar surface area (TPSA) is 145 Å². The van der Waals surface area contributed by atoms with Crippen LogP contribution in [0.4, 0.5) is 0 Å². The van der Waals surface area contributed by atoms with Crippen LogP contribution in [0.2, 0.25) is 0 Å². The highest BCUT2D eigenvalue weighted by Gasteiger charge is 2.37. The molecule has 2 amide bonds. The van der Waals surface area contributed by atoms with Crippen molar-refractivity contribution in [1.29, 1.82) is 0 Å². The lowest BCUT2D eigenvalue weighted by molar-refractivity contribution is -0.149. The lowest BCUT2D eigenvalue weighted by Crippen LogP contribution is -2.54. The van der Waals surface area contributed by atoms with Crippen molar-refractivity contribution in [2.24, 2.45) is 5.73 Å². The molecule has 0 aromatic heterocycles. The molecule has 0 aliphatic carbocycles. The summed E-state index contributed by atoms with van der Waals surface area (Å²) in [5.74, 6) is -1.57. The van der Waals surface area contributed by atoms with Crippen molar-refractivity contribution in [2.45, 2.75) is 62.8 Å². The van der Waals surface area contributed by atoms with Gasteiger partial charge in [-0.15, -0.1) is 24.8 Å². The zero-order valence-corrected chi connectivity index (χ0v) is 23.5. The number of hydrogen-bond donors (Lipinski definition) is 5. The molecule has 11 heteroatoms. The number of carbonyl (C=O) groups excluding carboxylic acids is 2. The van der Waals surface area contributed by atoms with Crippen LogP contribution in [0.3, 0.4) is 0 Å². The minimum Gasteiger partial charge on any atom is -0.480 e. The molecular weight excluding hydrogens is 543 g/mol. The number of hydrogen-bond acceptors (Lipinski definition) is 6. The van der Waals surface area contributed by atoms with Gasteiger partial charge in [0, 0.05) is 18.7 Å². The van der Waals surface area contributed by atoms with Gasteiger partial charge in [0.05, 0.1) is 18.2 Å². The van der Waals surface area contributed by atoms with E-state index in [2.05, 4.69) is 10.6 Å². The maximum absolute atomic E-state index is 13.3. The first-order chi connectivity index (χ1) is 17.9. The van der Waals surface area contributed by atoms with Gasteiger partial charge in [0.25, 0.3) is 5.91 Å². The number of halogens is 2. The van der Waals surface area contributed by atoms with Gasteiger partial charge in [-0.2, -0.15) is 0 Å². The van der Waals surface area contributed by atoms with Gasteiger partial charge in [-0.3, -0.25) is 9.59 Å². The number of nitrogens with zero attached hydrogens (tertiary/aromatic N) is 1. The largest absolute Gasteiger partial charge is 0.480 e. The van der Waals surface area contributed by atoms with Crippen LogP contribution in [0.5, 0.6) is 0 Å². The van der Waals surface area contributed by atoms with Crippen LogP contribution in [-0.2, 0) is 16.0 Å². The minimum absolute atomic E-state index is 0. The number of aliphatic carboxylic acids is 1. The van der Waals surface area contributed by atoms with Crippen molar-refractivity contribution in [2.75, 3.05) is 19.6 Å². The van der Waals surface area contributed by atoms with E-state index < -0.39 is 30.2 Å². The van der Waals surface area contributed by atoms with Gasteiger partial charge in [-0.25, -0.2) is 4.79 Å². The Hall–Kier alpha value is -2.69. The molecule has 2 aromatic rings. The number of aliphatic hydroxyl groups is 1. The number of carbonyl (C=O) groups is 3. The molecule has 0 spiro atoms. The van der Waals surface area contributed by atoms with E-state index in [0.717, 1.165) is 12.0 Å². The maximum atomic E-state index is 13.3. The first-order valence-corrected chi connectivity index (χ1v) is 12.9. The third-order valence-corrected chi connectivity index (χ3v) is 6.75. The Morgan fingerprint density at radius 2 is 1.64 bits per heavy atom. The van der Waals surface area contributed by atoms with Crippen molar-refractivity contribution < 1.29 is 24.6 Å². The molecule has 9 nitrogen and oxygen atoms in total. The number of likely N-dealkylation sites (tertiary alicyclic amines) is 1. The van der Waals surface area contributed by atoms with Crippen molar-refractivity contribution in [3.8, 4) is 0 Å². The summed E-state index contributed by atoms with van der Waals surface area (Å²) in [4.78, 5) is 39.2. The van der Waals surface area contributed by atoms with Gasteiger partial charge in [-0.05, 0) is 56.3 Å². The number of carboxylic acids is 1. The fourth-order valence-electron chi connectivity index (χ4n) is 4.69. The normalized spacial score (nSPS) is 16.8. The van der Waals surface area contributed by atoms with Crippen LogP contribution in [0.1, 0.15) is 48.0 Å². The molecule has 39 heavy (non-hydrogen) atoms. The third kappa shape index (κ3) is 10.4. The van der Waals surface area contributed by atoms with Crippen molar-refractivity contribution in [3.63, 3.8) is 0 Å². The number of rotatable bonds is 14. The molecule has 1 aliphatic heterocycles. The number of benzene rings is 2. The van der Waals surface area contributed by atoms with E-state index in [1.165, 1.54) is 4.90 Å². The van der Waals surface area contributed by atoms with Gasteiger partial charge in [0.2, 0.25) is 5.91 Å². The van der Waals surface area contributed by atoms with Gasteiger partial charge >= 0.3 is 5.97 Å². The Labute approximate surface area is 242 Å². The fraction of sp³-hybridized carbons (Fsp3) is 0.464. The monoisotopic (exact) mass is 582 g/mol. The molecule has 2 aromatic carbocycles. The van der Waals surface area contributed by atoms with Crippen LogP contribution in [0.25, 0.3) is 0 Å². The highest BCUT2D eigenvalue weighted by atomic mass is 35.5. The zero-order chi connectivity index (χ0) is 26.6. The van der Waals surface area contributed by atoms with Crippen LogP contribution in [-0.4, -0.2) is 76.8 Å². The first kappa shape index (κ1) is 34.3. The number of nitrogens with one attached hydrogen (secondary N) is 2. The molecule has 216 valence electrons. The number of aliphatic hydroxyl groups excluding tert-OH is 1. The van der Waals surface area contributed by atoms with Crippen LogP contribution >= 0.6 is 24.8 Å². The average molecular weight is 584 g/mol. The molecular formula is C28H40Cl2N4O5. The van der Waals surface area contributed by atoms with Crippen molar-refractivity contribution >= 4 is 42.6 Å². The highest BCUT2D eigenvalue weighted by Crippen LogP contribution is 2.20. The summed E-state index contributed by atoms with van der Waals surface area (Å²) in [5, 5.41) is 26.8. The molecule has 0 radical (unpaired) electrons. The van der Waals surface area contributed by atoms with E-state index in [0.29, 0.717) is 50.8 Å². The van der Waals surface area contributed by atoms with Crippen molar-refractivity contribution in [1.82, 2.24) is 15.5 Å². The van der Waals surface area contributed by atoms with Gasteiger partial charge < -0.3 is 31.5 Å². The van der Waals surface area contributed by atoms with Crippen molar-refractivity contribution in [3.05, 3.63) is 71.8 Å². The molecule has 1 aliphatic rings. The summed E-state index contributed by atoms with van der Waals surface area (Å²) >= 11 is 0. The number of unbranched alkanes of at least 4 members (excludes halogenated alkanes) is 1. The molecule has 1 heterocycles. The SMILES string of the molecule is Cl.Cl.NCCCC[C@H](NCC(O)[C@H](Cc1ccccc1)NC(=O)c1ccccc1)C(=O)N1CCC[C@H]1C(=O)O. The van der Waals surface area contributed by atoms with E-state index in [9.17, 15) is 24.6 Å². The second-order valence-electron chi connectivity index (χ2n) is 9.48. The van der Waals surface area contributed by atoms with E-state index >= 15 is 0 Å². The fourth-order valence-corrected chi connectivity index (χ4v) is 4.69. The Morgan fingerprint density at radius 1 is 1.00 bits per heavy atom. The van der Waals surface area contributed by atoms with Gasteiger partial charge in [-0.1, -0.05) is 55.0 Å². The molecule has 1 unspecified atom stereocenters. The molecule has 0 saturated carbocycles. The summed E-state index contributed by atoms with van der Waals surface area (Å²) in [5.41, 5.74) is 7.08. The predicted molar refractivity (Wildman–Crippen MR) is 155 cm³/mol. The maximum Gasteiger partial charge on any atom is 0.326 e. The van der Waals surface area contributed by atoms with Crippen LogP contribution in [0, 0.1) is 0 Å². The molecule has 1 saturated heterocycles. The van der Waals surface area contributed by atoms with Gasteiger partial charge in [0.15, 0.2) is 0 Å². The van der Waals surface area contributed by atoms with E-state index in [1.54, 1.807) is 24.3 Å². The van der Waals surface area contributed by atoms with Crippen LogP contribution < -0.4 is 16.4 Å². The van der Waals surface area contributed by atoms with Gasteiger partial charge in [0.1, 0.15) is 6.04 Å². The Morgan fingerprint density at radius 3 is 2.26 bits per heavy atom. The molecule has 6 N–H and O–H groups in total. The van der Waals surface area contributed by atoms with Crippen LogP contribution in [0.15, 0.2) is 60.7 Å². The standard InChI is InChI=1S/C28H38N4O5.2ClH/c29-16-8-7-14-22(27(35)32-17-9-15-24(32)28(36)37)30-19-25(33)23(18-20-10-3-1-4-11-20)31-26(34)21-12-5-2-6-13-21;;/h1-6,10-13,22-25,30,33H,7-9,14-19,29H2,(H,31,34)(H,36,37);2*1H/t22-,23-,24-,25?;;/m0../s1. The predicted octanol–water partition coefficient (Wildman–Crippen LogP) is 2.39. The second-order valence-corrected chi connectivity index (χ2v) is 9.48. The van der Waals surface area contributed by atoms with E-state index in [4.69, 9.17) is 5.73 Å². The quantitative estimate of drug-likeness (QED) is 0.215. The van der Waals surface area contributed by atoms with E-state index in [-0.39, 0.29) is 43.2 Å². The number of nitrogens with two attached hydrogens (primary N) is 1. The summed E-state index contributed by atoms with van der Waals surface area (Å²) in [6.07, 6.45) is 2.40. The summed E-state index contributed by atoms with van der Waals surface area (Å²) in [6, 6.07) is 16.3. The molecule has 3 rings (SSSR count). The molecule has 0 bridgehead atoms. The lowest BCUT2D eigenvalue weighted by Gasteiger charge is -2.30. The summed E-state index contributed by atoms with van der Waals surface area (Å²) < 4.78 is 0. The number of carboxylic acid groups (broad SMARTS) is 1. The Balaban J connectivity index is 0.00000380. The van der Waals surface area contributed by atoms with E-state index in [1.807, 2.05) is 36.4 Å². The Kier molecular flexibility index (Phi) is 15.7. The molecule has 1 fully saturated rings.